The minimum atomic E-state index is 0.171. The molecular weight excluding hydrogens is 401 g/mol. The van der Waals surface area contributed by atoms with Crippen molar-refractivity contribution in [1.29, 1.82) is 0 Å². The molecular formula is C22H24AsNO3. The number of methoxy groups -OCH3 is 1. The average molecular weight is 425 g/mol. The molecule has 2 aromatic rings. The zero-order chi connectivity index (χ0) is 18.8. The van der Waals surface area contributed by atoms with Crippen molar-refractivity contribution < 1.29 is 14.3 Å². The SMILES string of the molecule is COc1ccc(C2CC(=O)N(c3cccc([As])c3)C2)cc1OC1CCCC1. The summed E-state index contributed by atoms with van der Waals surface area (Å²) in [6, 6.07) is 14.2. The summed E-state index contributed by atoms with van der Waals surface area (Å²) in [6.07, 6.45) is 5.48. The predicted molar refractivity (Wildman–Crippen MR) is 107 cm³/mol. The molecule has 0 aromatic heterocycles. The first-order valence-corrected chi connectivity index (χ1v) is 10.5. The van der Waals surface area contributed by atoms with Gasteiger partial charge in [0.2, 0.25) is 0 Å². The van der Waals surface area contributed by atoms with Crippen LogP contribution < -0.4 is 18.7 Å². The van der Waals surface area contributed by atoms with Gasteiger partial charge in [0.15, 0.2) is 0 Å². The Kier molecular flexibility index (Phi) is 5.45. The summed E-state index contributed by atoms with van der Waals surface area (Å²) in [4.78, 5) is 14.5. The van der Waals surface area contributed by atoms with Crippen LogP contribution in [0.4, 0.5) is 5.69 Å². The molecule has 1 heterocycles. The van der Waals surface area contributed by atoms with Crippen LogP contribution in [0.5, 0.6) is 11.5 Å². The first-order chi connectivity index (χ1) is 13.1. The van der Waals surface area contributed by atoms with E-state index in [1.54, 1.807) is 7.11 Å². The molecule has 1 aliphatic heterocycles. The number of ether oxygens (including phenoxy) is 2. The number of carbonyl (C=O) groups is 1. The summed E-state index contributed by atoms with van der Waals surface area (Å²) in [5.41, 5.74) is 2.11. The van der Waals surface area contributed by atoms with Crippen LogP contribution in [-0.2, 0) is 4.79 Å². The Hall–Kier alpha value is -1.93. The first-order valence-electron chi connectivity index (χ1n) is 9.58. The fourth-order valence-electron chi connectivity index (χ4n) is 4.07. The number of hydrogen-bond acceptors (Lipinski definition) is 3. The van der Waals surface area contributed by atoms with Gasteiger partial charge in [-0.3, -0.25) is 0 Å². The van der Waals surface area contributed by atoms with Crippen molar-refractivity contribution in [2.24, 2.45) is 0 Å². The molecule has 1 unspecified atom stereocenters. The van der Waals surface area contributed by atoms with E-state index in [9.17, 15) is 4.79 Å². The van der Waals surface area contributed by atoms with E-state index in [0.717, 1.165) is 39.9 Å². The molecule has 1 amide bonds. The van der Waals surface area contributed by atoms with Gasteiger partial charge in [0.25, 0.3) is 0 Å². The first kappa shape index (κ1) is 18.4. The quantitative estimate of drug-likeness (QED) is 0.690. The number of hydrogen-bond donors (Lipinski definition) is 0. The third-order valence-electron chi connectivity index (χ3n) is 5.52. The number of carbonyl (C=O) groups excluding carboxylic acids is 1. The van der Waals surface area contributed by atoms with Crippen LogP contribution in [0, 0.1) is 0 Å². The van der Waals surface area contributed by atoms with Gasteiger partial charge in [0.1, 0.15) is 0 Å². The molecule has 5 heteroatoms. The van der Waals surface area contributed by atoms with Gasteiger partial charge in [0, 0.05) is 0 Å². The standard InChI is InChI=1S/C22H24AsNO3/c1-26-20-10-9-15(11-21(20)27-19-7-2-3-8-19)16-12-22(25)24(14-16)18-6-4-5-17(23)13-18/h4-6,9-11,13,16,19H,2-3,7-8,12,14H2,1H3. The van der Waals surface area contributed by atoms with Crippen LogP contribution in [0.15, 0.2) is 42.5 Å². The van der Waals surface area contributed by atoms with E-state index >= 15 is 0 Å². The zero-order valence-corrected chi connectivity index (χ0v) is 17.4. The van der Waals surface area contributed by atoms with Crippen LogP contribution in [0.2, 0.25) is 0 Å². The van der Waals surface area contributed by atoms with E-state index in [1.165, 1.54) is 12.8 Å². The van der Waals surface area contributed by atoms with Gasteiger partial charge in [-0.1, -0.05) is 0 Å². The van der Waals surface area contributed by atoms with E-state index in [1.807, 2.05) is 35.2 Å². The fraction of sp³-hybridized carbons (Fsp3) is 0.409. The second-order valence-electron chi connectivity index (χ2n) is 7.36. The van der Waals surface area contributed by atoms with E-state index in [2.05, 4.69) is 29.0 Å². The Morgan fingerprint density at radius 1 is 1.07 bits per heavy atom. The number of nitrogens with zero attached hydrogens (tertiary/aromatic N) is 1. The minimum absolute atomic E-state index is 0.171. The molecule has 4 nitrogen and oxygen atoms in total. The van der Waals surface area contributed by atoms with Gasteiger partial charge in [-0.05, 0) is 12.8 Å². The van der Waals surface area contributed by atoms with Gasteiger partial charge in [-0.25, -0.2) is 0 Å². The van der Waals surface area contributed by atoms with Crippen molar-refractivity contribution >= 4 is 32.8 Å². The summed E-state index contributed by atoms with van der Waals surface area (Å²) >= 11 is 2.53. The summed E-state index contributed by atoms with van der Waals surface area (Å²) in [6.45, 7) is 0.699. The van der Waals surface area contributed by atoms with Crippen molar-refractivity contribution in [2.75, 3.05) is 18.6 Å². The van der Waals surface area contributed by atoms with Crippen molar-refractivity contribution in [3.8, 4) is 11.5 Å². The Morgan fingerprint density at radius 3 is 2.63 bits per heavy atom. The smallest absolute Gasteiger partial charge is 0.0496 e. The Morgan fingerprint density at radius 2 is 1.89 bits per heavy atom. The van der Waals surface area contributed by atoms with Crippen molar-refractivity contribution in [3.63, 3.8) is 0 Å². The third-order valence-corrected chi connectivity index (χ3v) is 6.10. The topological polar surface area (TPSA) is 38.8 Å². The molecule has 1 saturated heterocycles. The average Bonchev–Trinajstić information content (AvgIpc) is 3.31. The summed E-state index contributed by atoms with van der Waals surface area (Å²) < 4.78 is 12.8. The van der Waals surface area contributed by atoms with Gasteiger partial charge in [-0.2, -0.15) is 0 Å². The molecule has 2 fully saturated rings. The second-order valence-corrected chi connectivity index (χ2v) is 8.44. The normalized spacial score (nSPS) is 20.3. The molecule has 27 heavy (non-hydrogen) atoms. The van der Waals surface area contributed by atoms with Crippen molar-refractivity contribution in [2.45, 2.75) is 44.1 Å². The molecule has 4 rings (SSSR count). The molecule has 140 valence electrons. The monoisotopic (exact) mass is 425 g/mol. The van der Waals surface area contributed by atoms with Crippen molar-refractivity contribution in [3.05, 3.63) is 48.0 Å². The third kappa shape index (κ3) is 4.01. The molecule has 2 aliphatic rings. The molecule has 1 atom stereocenters. The van der Waals surface area contributed by atoms with Crippen LogP contribution in [-0.4, -0.2) is 42.5 Å². The van der Waals surface area contributed by atoms with E-state index in [0.29, 0.717) is 13.0 Å². The molecule has 0 bridgehead atoms. The molecule has 0 spiro atoms. The molecule has 1 aliphatic carbocycles. The molecule has 2 radical (unpaired) electrons. The zero-order valence-electron chi connectivity index (χ0n) is 15.6. The van der Waals surface area contributed by atoms with Crippen LogP contribution in [0.3, 0.4) is 0 Å². The van der Waals surface area contributed by atoms with E-state index in [-0.39, 0.29) is 17.9 Å². The molecule has 0 N–H and O–H groups in total. The summed E-state index contributed by atoms with van der Waals surface area (Å²) in [5.74, 6) is 1.92. The van der Waals surface area contributed by atoms with Gasteiger partial charge >= 0.3 is 156 Å². The van der Waals surface area contributed by atoms with Gasteiger partial charge < -0.3 is 0 Å². The number of anilines is 1. The second kappa shape index (κ2) is 7.98. The van der Waals surface area contributed by atoms with Crippen LogP contribution in [0.1, 0.15) is 43.6 Å². The van der Waals surface area contributed by atoms with Gasteiger partial charge in [0.05, 0.1) is 0 Å². The van der Waals surface area contributed by atoms with Crippen LogP contribution >= 0.6 is 0 Å². The van der Waals surface area contributed by atoms with E-state index < -0.39 is 0 Å². The summed E-state index contributed by atoms with van der Waals surface area (Å²) in [7, 11) is 1.67. The maximum atomic E-state index is 12.6. The van der Waals surface area contributed by atoms with Gasteiger partial charge in [-0.15, -0.1) is 0 Å². The van der Waals surface area contributed by atoms with E-state index in [4.69, 9.17) is 9.47 Å². The number of rotatable bonds is 5. The molecule has 2 aromatic carbocycles. The molecule has 1 saturated carbocycles. The number of benzene rings is 2. The Bertz CT molecular complexity index is 832. The Labute approximate surface area is 169 Å². The summed E-state index contributed by atoms with van der Waals surface area (Å²) in [5, 5.41) is 0. The number of amides is 1. The maximum absolute atomic E-state index is 12.6. The predicted octanol–water partition coefficient (Wildman–Crippen LogP) is 3.33. The fourth-order valence-corrected chi connectivity index (χ4v) is 4.52. The van der Waals surface area contributed by atoms with Crippen LogP contribution in [0.25, 0.3) is 0 Å². The van der Waals surface area contributed by atoms with Crippen molar-refractivity contribution in [1.82, 2.24) is 0 Å². The minimum Gasteiger partial charge on any atom is -0.0496 e. The Balaban J connectivity index is 1.55.